The number of nitrogen functional groups attached to an aromatic ring is 1. The topological polar surface area (TPSA) is 93.2 Å². The van der Waals surface area contributed by atoms with E-state index in [9.17, 15) is 8.42 Å². The molecule has 0 amide bonds. The number of amidine groups is 1. The van der Waals surface area contributed by atoms with Crippen LogP contribution in [0, 0.1) is 5.41 Å². The second-order valence-electron chi connectivity index (χ2n) is 5.39. The van der Waals surface area contributed by atoms with Gasteiger partial charge in [-0.05, 0) is 25.0 Å². The largest absolute Gasteiger partial charge is 0.384 e. The second-order valence-corrected chi connectivity index (χ2v) is 7.50. The molecule has 0 aliphatic heterocycles. The van der Waals surface area contributed by atoms with Crippen LogP contribution in [0.25, 0.3) is 0 Å². The highest BCUT2D eigenvalue weighted by Gasteiger charge is 2.18. The van der Waals surface area contributed by atoms with Crippen LogP contribution in [0.1, 0.15) is 37.7 Å². The molecule has 0 aromatic heterocycles. The molecule has 0 heterocycles. The van der Waals surface area contributed by atoms with E-state index in [1.807, 2.05) is 0 Å². The molecular formula is C15H22N2O3S. The lowest BCUT2D eigenvalue weighted by Crippen LogP contribution is -2.21. The summed E-state index contributed by atoms with van der Waals surface area (Å²) in [6.07, 6.45) is 5.84. The summed E-state index contributed by atoms with van der Waals surface area (Å²) in [5, 5.41) is 7.37. The van der Waals surface area contributed by atoms with E-state index in [1.165, 1.54) is 18.6 Å². The molecule has 116 valence electrons. The molecule has 1 aliphatic carbocycles. The van der Waals surface area contributed by atoms with Crippen molar-refractivity contribution in [3.63, 3.8) is 0 Å². The van der Waals surface area contributed by atoms with Gasteiger partial charge in [-0.3, -0.25) is 5.41 Å². The second kappa shape index (κ2) is 7.04. The van der Waals surface area contributed by atoms with Crippen LogP contribution in [-0.4, -0.2) is 32.7 Å². The lowest BCUT2D eigenvalue weighted by atomic mass is 9.98. The highest BCUT2D eigenvalue weighted by Crippen LogP contribution is 2.20. The fraction of sp³-hybridized carbons (Fsp3) is 0.533. The highest BCUT2D eigenvalue weighted by atomic mass is 32.2. The van der Waals surface area contributed by atoms with Gasteiger partial charge in [0.15, 0.2) is 9.84 Å². The molecule has 6 heteroatoms. The van der Waals surface area contributed by atoms with Gasteiger partial charge in [0.25, 0.3) is 0 Å². The van der Waals surface area contributed by atoms with Crippen LogP contribution in [0.3, 0.4) is 0 Å². The molecule has 0 spiro atoms. The van der Waals surface area contributed by atoms with E-state index in [0.29, 0.717) is 5.56 Å². The van der Waals surface area contributed by atoms with Crippen LogP contribution in [-0.2, 0) is 14.6 Å². The van der Waals surface area contributed by atoms with E-state index >= 15 is 0 Å². The molecule has 1 aromatic carbocycles. The average Bonchev–Trinajstić information content (AvgIpc) is 2.48. The van der Waals surface area contributed by atoms with Gasteiger partial charge in [0.2, 0.25) is 0 Å². The van der Waals surface area contributed by atoms with Crippen LogP contribution in [0.5, 0.6) is 0 Å². The van der Waals surface area contributed by atoms with Crippen LogP contribution >= 0.6 is 0 Å². The van der Waals surface area contributed by atoms with Crippen LogP contribution in [0.2, 0.25) is 0 Å². The molecule has 3 N–H and O–H groups in total. The minimum atomic E-state index is -3.39. The maximum absolute atomic E-state index is 12.3. The van der Waals surface area contributed by atoms with Crippen molar-refractivity contribution in [1.82, 2.24) is 0 Å². The number of benzene rings is 1. The number of nitrogens with two attached hydrogens (primary N) is 1. The summed E-state index contributed by atoms with van der Waals surface area (Å²) in [4.78, 5) is 0.197. The molecule has 0 bridgehead atoms. The average molecular weight is 310 g/mol. The number of rotatable bonds is 6. The highest BCUT2D eigenvalue weighted by molar-refractivity contribution is 7.91. The van der Waals surface area contributed by atoms with Crippen LogP contribution < -0.4 is 5.73 Å². The summed E-state index contributed by atoms with van der Waals surface area (Å²) in [5.74, 6) is -0.171. The Morgan fingerprint density at radius 3 is 2.67 bits per heavy atom. The molecular weight excluding hydrogens is 288 g/mol. The Labute approximate surface area is 125 Å². The number of hydrogen-bond donors (Lipinski definition) is 2. The molecule has 2 rings (SSSR count). The van der Waals surface area contributed by atoms with Gasteiger partial charge < -0.3 is 10.5 Å². The van der Waals surface area contributed by atoms with E-state index in [2.05, 4.69) is 0 Å². The Kier molecular flexibility index (Phi) is 5.36. The minimum Gasteiger partial charge on any atom is -0.384 e. The predicted octanol–water partition coefficient (Wildman–Crippen LogP) is 2.09. The third-order valence-electron chi connectivity index (χ3n) is 3.76. The lowest BCUT2D eigenvalue weighted by molar-refractivity contribution is 0.0379. The SMILES string of the molecule is N=C(N)c1cccc(S(=O)(=O)CCOC2CCCCC2)c1. The first-order valence-corrected chi connectivity index (χ1v) is 8.93. The van der Waals surface area contributed by atoms with Crippen molar-refractivity contribution in [2.45, 2.75) is 43.1 Å². The Balaban J connectivity index is 1.94. The van der Waals surface area contributed by atoms with Crippen molar-refractivity contribution < 1.29 is 13.2 Å². The van der Waals surface area contributed by atoms with Gasteiger partial charge in [0, 0.05) is 5.56 Å². The molecule has 5 nitrogen and oxygen atoms in total. The van der Waals surface area contributed by atoms with Gasteiger partial charge in [0.1, 0.15) is 5.84 Å². The maximum Gasteiger partial charge on any atom is 0.180 e. The molecule has 1 aromatic rings. The van der Waals surface area contributed by atoms with Gasteiger partial charge in [-0.25, -0.2) is 8.42 Å². The van der Waals surface area contributed by atoms with Gasteiger partial charge in [-0.15, -0.1) is 0 Å². The smallest absolute Gasteiger partial charge is 0.180 e. The Bertz CT molecular complexity index is 593. The van der Waals surface area contributed by atoms with E-state index in [0.717, 1.165) is 25.7 Å². The van der Waals surface area contributed by atoms with Crippen LogP contribution in [0.15, 0.2) is 29.2 Å². The van der Waals surface area contributed by atoms with Crippen molar-refractivity contribution in [2.75, 3.05) is 12.4 Å². The first kappa shape index (κ1) is 16.0. The Hall–Kier alpha value is -1.40. The Morgan fingerprint density at radius 1 is 1.29 bits per heavy atom. The third-order valence-corrected chi connectivity index (χ3v) is 5.44. The fourth-order valence-corrected chi connectivity index (χ4v) is 3.67. The predicted molar refractivity (Wildman–Crippen MR) is 82.3 cm³/mol. The van der Waals surface area contributed by atoms with E-state index < -0.39 is 9.84 Å². The lowest BCUT2D eigenvalue weighted by Gasteiger charge is -2.21. The zero-order valence-electron chi connectivity index (χ0n) is 12.0. The first-order valence-electron chi connectivity index (χ1n) is 7.28. The standard InChI is InChI=1S/C15H22N2O3S/c16-15(17)12-5-4-8-14(11-12)21(18,19)10-9-20-13-6-2-1-3-7-13/h4-5,8,11,13H,1-3,6-7,9-10H2,(H3,16,17). The normalized spacial score (nSPS) is 16.8. The first-order chi connectivity index (χ1) is 9.99. The molecule has 21 heavy (non-hydrogen) atoms. The molecule has 1 fully saturated rings. The summed E-state index contributed by atoms with van der Waals surface area (Å²) < 4.78 is 30.2. The zero-order valence-corrected chi connectivity index (χ0v) is 12.9. The minimum absolute atomic E-state index is 0.0368. The van der Waals surface area contributed by atoms with Crippen LogP contribution in [0.4, 0.5) is 0 Å². The van der Waals surface area contributed by atoms with Gasteiger partial charge >= 0.3 is 0 Å². The van der Waals surface area contributed by atoms with Gasteiger partial charge in [0.05, 0.1) is 23.4 Å². The van der Waals surface area contributed by atoms with Crippen molar-refractivity contribution >= 4 is 15.7 Å². The molecule has 1 saturated carbocycles. The summed E-state index contributed by atoms with van der Waals surface area (Å²) in [5.41, 5.74) is 5.81. The molecule has 1 aliphatic rings. The van der Waals surface area contributed by atoms with Gasteiger partial charge in [-0.1, -0.05) is 31.4 Å². The third kappa shape index (κ3) is 4.54. The van der Waals surface area contributed by atoms with Crippen molar-refractivity contribution in [3.8, 4) is 0 Å². The van der Waals surface area contributed by atoms with E-state index in [4.69, 9.17) is 15.9 Å². The van der Waals surface area contributed by atoms with Crippen molar-refractivity contribution in [3.05, 3.63) is 29.8 Å². The zero-order chi connectivity index (χ0) is 15.3. The quantitative estimate of drug-likeness (QED) is 0.621. The number of hydrogen-bond acceptors (Lipinski definition) is 4. The Morgan fingerprint density at radius 2 is 2.00 bits per heavy atom. The number of sulfone groups is 1. The molecule has 0 radical (unpaired) electrons. The molecule has 0 unspecified atom stereocenters. The van der Waals surface area contributed by atoms with Gasteiger partial charge in [-0.2, -0.15) is 0 Å². The monoisotopic (exact) mass is 310 g/mol. The number of ether oxygens (including phenoxy) is 1. The summed E-state index contributed by atoms with van der Waals surface area (Å²) in [6, 6.07) is 6.20. The molecule has 0 saturated heterocycles. The van der Waals surface area contributed by atoms with E-state index in [-0.39, 0.29) is 29.2 Å². The molecule has 0 atom stereocenters. The fourth-order valence-electron chi connectivity index (χ4n) is 2.53. The van der Waals surface area contributed by atoms with Crippen molar-refractivity contribution in [2.24, 2.45) is 5.73 Å². The summed E-state index contributed by atoms with van der Waals surface area (Å²) in [6.45, 7) is 0.220. The number of nitrogens with one attached hydrogen (secondary N) is 1. The summed E-state index contributed by atoms with van der Waals surface area (Å²) in [7, 11) is -3.39. The van der Waals surface area contributed by atoms with E-state index in [1.54, 1.807) is 12.1 Å². The van der Waals surface area contributed by atoms with Crippen molar-refractivity contribution in [1.29, 1.82) is 5.41 Å². The maximum atomic E-state index is 12.3. The summed E-state index contributed by atoms with van der Waals surface area (Å²) >= 11 is 0.